The van der Waals surface area contributed by atoms with Gasteiger partial charge in [0.15, 0.2) is 11.6 Å². The van der Waals surface area contributed by atoms with E-state index in [1.807, 2.05) is 24.3 Å². The lowest BCUT2D eigenvalue weighted by molar-refractivity contribution is 0.254. The van der Waals surface area contributed by atoms with Crippen molar-refractivity contribution in [1.29, 1.82) is 0 Å². The summed E-state index contributed by atoms with van der Waals surface area (Å²) in [5.41, 5.74) is 2.50. The average molecular weight is 465 g/mol. The Bertz CT molecular complexity index is 1140. The Kier molecular flexibility index (Phi) is 8.13. The van der Waals surface area contributed by atoms with Crippen LogP contribution in [0.2, 0.25) is 0 Å². The highest BCUT2D eigenvalue weighted by molar-refractivity contribution is 5.89. The molecule has 0 radical (unpaired) electrons. The predicted octanol–water partition coefficient (Wildman–Crippen LogP) is 9.58. The molecule has 3 aromatic rings. The van der Waals surface area contributed by atoms with Gasteiger partial charge in [0.05, 0.1) is 5.39 Å². The van der Waals surface area contributed by atoms with E-state index in [1.165, 1.54) is 50.5 Å². The summed E-state index contributed by atoms with van der Waals surface area (Å²) in [6.45, 7) is 3.85. The minimum Gasteiger partial charge on any atom is -0.206 e. The Morgan fingerprint density at radius 3 is 2.15 bits per heavy atom. The monoisotopic (exact) mass is 464 g/mol. The van der Waals surface area contributed by atoms with Crippen molar-refractivity contribution in [2.75, 3.05) is 0 Å². The third kappa shape index (κ3) is 5.40. The van der Waals surface area contributed by atoms with Gasteiger partial charge >= 0.3 is 0 Å². The number of hydrogen-bond donors (Lipinski definition) is 0. The SMILES string of the molecule is C/C=C/CCC1CCC(CCc2ccc(-c3ccc4cc(CC)c(F)c(F)c4c3F)cc2)CC1. The molecule has 0 atom stereocenters. The third-order valence-corrected chi connectivity index (χ3v) is 7.63. The van der Waals surface area contributed by atoms with E-state index in [9.17, 15) is 8.78 Å². The molecule has 0 heterocycles. The summed E-state index contributed by atoms with van der Waals surface area (Å²) in [6.07, 6.45) is 14.9. The van der Waals surface area contributed by atoms with Crippen molar-refractivity contribution >= 4 is 10.8 Å². The molecule has 0 bridgehead atoms. The Hall–Kier alpha value is -2.55. The maximum absolute atomic E-state index is 15.2. The van der Waals surface area contributed by atoms with Gasteiger partial charge in [-0.2, -0.15) is 0 Å². The smallest absolute Gasteiger partial charge is 0.169 e. The minimum atomic E-state index is -1.10. The molecule has 0 N–H and O–H groups in total. The van der Waals surface area contributed by atoms with Crippen LogP contribution in [0.5, 0.6) is 0 Å². The van der Waals surface area contributed by atoms with Gasteiger partial charge in [-0.3, -0.25) is 0 Å². The number of rotatable bonds is 8. The molecule has 3 aromatic carbocycles. The van der Waals surface area contributed by atoms with E-state index in [2.05, 4.69) is 19.1 Å². The van der Waals surface area contributed by atoms with Crippen LogP contribution in [0.1, 0.15) is 69.9 Å². The largest absolute Gasteiger partial charge is 0.206 e. The van der Waals surface area contributed by atoms with E-state index in [0.717, 1.165) is 18.3 Å². The van der Waals surface area contributed by atoms with E-state index in [-0.39, 0.29) is 10.9 Å². The Morgan fingerprint density at radius 1 is 0.824 bits per heavy atom. The molecule has 1 aliphatic carbocycles. The van der Waals surface area contributed by atoms with E-state index < -0.39 is 17.5 Å². The first-order chi connectivity index (χ1) is 16.5. The Balaban J connectivity index is 1.40. The molecular weight excluding hydrogens is 429 g/mol. The summed E-state index contributed by atoms with van der Waals surface area (Å²) in [5, 5.41) is 0.128. The average Bonchev–Trinajstić information content (AvgIpc) is 2.86. The van der Waals surface area contributed by atoms with Crippen LogP contribution in [-0.2, 0) is 12.8 Å². The first-order valence-electron chi connectivity index (χ1n) is 12.8. The van der Waals surface area contributed by atoms with Crippen molar-refractivity contribution in [3.8, 4) is 11.1 Å². The molecule has 0 spiro atoms. The standard InChI is InChI=1S/C31H35F3/c1-3-5-6-7-21-8-10-22(11-9-21)12-13-23-14-16-25(17-15-23)27-19-18-26-20-24(4-2)29(32)31(34)28(26)30(27)33/h3,5,14-22H,4,6-13H2,1-2H3/b5-3+. The molecule has 0 amide bonds. The van der Waals surface area contributed by atoms with E-state index in [4.69, 9.17) is 0 Å². The zero-order valence-corrected chi connectivity index (χ0v) is 20.3. The van der Waals surface area contributed by atoms with Gasteiger partial charge < -0.3 is 0 Å². The summed E-state index contributed by atoms with van der Waals surface area (Å²) >= 11 is 0. The Labute approximate surface area is 201 Å². The topological polar surface area (TPSA) is 0 Å². The zero-order chi connectivity index (χ0) is 24.1. The number of allylic oxidation sites excluding steroid dienone is 2. The van der Waals surface area contributed by atoms with Crippen molar-refractivity contribution in [1.82, 2.24) is 0 Å². The lowest BCUT2D eigenvalue weighted by atomic mass is 9.78. The number of aryl methyl sites for hydroxylation is 2. The normalized spacial score (nSPS) is 18.7. The lowest BCUT2D eigenvalue weighted by Crippen LogP contribution is -2.15. The van der Waals surface area contributed by atoms with Crippen molar-refractivity contribution in [3.63, 3.8) is 0 Å². The zero-order valence-electron chi connectivity index (χ0n) is 20.3. The molecule has 0 aliphatic heterocycles. The van der Waals surface area contributed by atoms with Crippen LogP contribution in [-0.4, -0.2) is 0 Å². The predicted molar refractivity (Wildman–Crippen MR) is 136 cm³/mol. The van der Waals surface area contributed by atoms with Crippen LogP contribution < -0.4 is 0 Å². The van der Waals surface area contributed by atoms with Gasteiger partial charge in [0.25, 0.3) is 0 Å². The summed E-state index contributed by atoms with van der Waals surface area (Å²) in [4.78, 5) is 0. The van der Waals surface area contributed by atoms with Crippen LogP contribution in [0.4, 0.5) is 13.2 Å². The summed E-state index contributed by atoms with van der Waals surface area (Å²) < 4.78 is 44.2. The lowest BCUT2D eigenvalue weighted by Gasteiger charge is -2.28. The molecule has 0 saturated heterocycles. The molecule has 0 unspecified atom stereocenters. The van der Waals surface area contributed by atoms with Crippen LogP contribution in [0.3, 0.4) is 0 Å². The van der Waals surface area contributed by atoms with E-state index in [1.54, 1.807) is 25.1 Å². The summed E-state index contributed by atoms with van der Waals surface area (Å²) in [5.74, 6) is -1.07. The minimum absolute atomic E-state index is 0.266. The van der Waals surface area contributed by atoms with E-state index in [0.29, 0.717) is 22.9 Å². The van der Waals surface area contributed by atoms with Gasteiger partial charge in [-0.15, -0.1) is 0 Å². The van der Waals surface area contributed by atoms with Crippen molar-refractivity contribution in [2.45, 2.75) is 71.6 Å². The molecule has 0 aromatic heterocycles. The third-order valence-electron chi connectivity index (χ3n) is 7.63. The molecule has 0 nitrogen and oxygen atoms in total. The van der Waals surface area contributed by atoms with Crippen LogP contribution in [0.25, 0.3) is 21.9 Å². The van der Waals surface area contributed by atoms with Gasteiger partial charge in [0.2, 0.25) is 0 Å². The fourth-order valence-electron chi connectivity index (χ4n) is 5.45. The second-order valence-electron chi connectivity index (χ2n) is 9.81. The van der Waals surface area contributed by atoms with Crippen LogP contribution in [0.15, 0.2) is 54.6 Å². The van der Waals surface area contributed by atoms with Gasteiger partial charge in [-0.05, 0) is 79.0 Å². The highest BCUT2D eigenvalue weighted by Gasteiger charge is 2.21. The molecule has 34 heavy (non-hydrogen) atoms. The first kappa shape index (κ1) is 24.6. The summed E-state index contributed by atoms with van der Waals surface area (Å²) in [7, 11) is 0. The fourth-order valence-corrected chi connectivity index (χ4v) is 5.45. The second kappa shape index (κ2) is 11.3. The van der Waals surface area contributed by atoms with Crippen LogP contribution in [0, 0.1) is 29.3 Å². The second-order valence-corrected chi connectivity index (χ2v) is 9.81. The molecule has 4 rings (SSSR count). The molecule has 1 fully saturated rings. The molecule has 180 valence electrons. The quantitative estimate of drug-likeness (QED) is 0.291. The van der Waals surface area contributed by atoms with Gasteiger partial charge in [0.1, 0.15) is 5.82 Å². The highest BCUT2D eigenvalue weighted by atomic mass is 19.2. The number of fused-ring (bicyclic) bond motifs is 1. The molecule has 1 aliphatic rings. The van der Waals surface area contributed by atoms with Gasteiger partial charge in [-0.25, -0.2) is 13.2 Å². The molecular formula is C31H35F3. The maximum Gasteiger partial charge on any atom is 0.169 e. The summed E-state index contributed by atoms with van der Waals surface area (Å²) in [6, 6.07) is 12.8. The highest BCUT2D eigenvalue weighted by Crippen LogP contribution is 2.35. The fraction of sp³-hybridized carbons (Fsp3) is 0.419. The van der Waals surface area contributed by atoms with Crippen molar-refractivity contribution in [2.24, 2.45) is 11.8 Å². The van der Waals surface area contributed by atoms with Gasteiger partial charge in [-0.1, -0.05) is 81.2 Å². The Morgan fingerprint density at radius 2 is 1.50 bits per heavy atom. The number of hydrogen-bond acceptors (Lipinski definition) is 0. The molecule has 3 heteroatoms. The van der Waals surface area contributed by atoms with Crippen LogP contribution >= 0.6 is 0 Å². The maximum atomic E-state index is 15.2. The number of halogens is 3. The van der Waals surface area contributed by atoms with Crippen molar-refractivity contribution in [3.05, 3.63) is 83.2 Å². The first-order valence-corrected chi connectivity index (χ1v) is 12.8. The number of benzene rings is 3. The van der Waals surface area contributed by atoms with E-state index >= 15 is 4.39 Å². The van der Waals surface area contributed by atoms with Gasteiger partial charge in [0, 0.05) is 5.56 Å². The molecule has 1 saturated carbocycles. The van der Waals surface area contributed by atoms with Crippen molar-refractivity contribution < 1.29 is 13.2 Å².